The van der Waals surface area contributed by atoms with Crippen LogP contribution in [-0.2, 0) is 9.47 Å². The van der Waals surface area contributed by atoms with Crippen molar-refractivity contribution < 1.29 is 23.9 Å². The van der Waals surface area contributed by atoms with Gasteiger partial charge in [0.25, 0.3) is 5.91 Å². The van der Waals surface area contributed by atoms with Crippen LogP contribution in [0.4, 0.5) is 5.00 Å². The van der Waals surface area contributed by atoms with Gasteiger partial charge >= 0.3 is 11.9 Å². The Bertz CT molecular complexity index is 1020. The number of imidazole rings is 1. The molecular weight excluding hydrogens is 390 g/mol. The van der Waals surface area contributed by atoms with Gasteiger partial charge in [0.15, 0.2) is 4.96 Å². The number of amides is 1. The molecule has 0 radical (unpaired) electrons. The second kappa shape index (κ2) is 7.89. The van der Waals surface area contributed by atoms with Crippen molar-refractivity contribution in [2.75, 3.05) is 18.5 Å². The fraction of sp³-hybridized carbons (Fsp3) is 0.294. The summed E-state index contributed by atoms with van der Waals surface area (Å²) in [6.07, 6.45) is 1.63. The van der Waals surface area contributed by atoms with Gasteiger partial charge in [0.1, 0.15) is 16.3 Å². The van der Waals surface area contributed by atoms with Gasteiger partial charge in [0.2, 0.25) is 0 Å². The number of ether oxygens (including phenoxy) is 2. The standard InChI is InChI=1S/C17H17N3O5S2/c1-4-24-15(22)10-8-26-14(12(10)16(23)25-5-2)19-13(21)11-6-20-9(3)7-27-17(20)18-11/h6-8H,4-5H2,1-3H3,(H,19,21). The van der Waals surface area contributed by atoms with Crippen LogP contribution in [0.2, 0.25) is 0 Å². The molecule has 0 aliphatic rings. The van der Waals surface area contributed by atoms with E-state index in [-0.39, 0.29) is 35.0 Å². The van der Waals surface area contributed by atoms with Crippen molar-refractivity contribution in [3.63, 3.8) is 0 Å². The number of nitrogens with zero attached hydrogens (tertiary/aromatic N) is 2. The maximum Gasteiger partial charge on any atom is 0.342 e. The zero-order valence-corrected chi connectivity index (χ0v) is 16.5. The Morgan fingerprint density at radius 3 is 2.48 bits per heavy atom. The second-order valence-electron chi connectivity index (χ2n) is 5.40. The number of hydrogen-bond donors (Lipinski definition) is 1. The van der Waals surface area contributed by atoms with Crippen LogP contribution in [0, 0.1) is 6.92 Å². The summed E-state index contributed by atoms with van der Waals surface area (Å²) in [6, 6.07) is 0. The lowest BCUT2D eigenvalue weighted by Crippen LogP contribution is -2.17. The number of anilines is 1. The third-order valence-corrected chi connectivity index (χ3v) is 5.47. The Morgan fingerprint density at radius 2 is 1.81 bits per heavy atom. The number of carbonyl (C=O) groups is 3. The van der Waals surface area contributed by atoms with Crippen molar-refractivity contribution in [1.29, 1.82) is 0 Å². The summed E-state index contributed by atoms with van der Waals surface area (Å²) in [6.45, 7) is 5.55. The number of thiophene rings is 1. The highest BCUT2D eigenvalue weighted by molar-refractivity contribution is 7.15. The number of nitrogens with one attached hydrogen (secondary N) is 1. The summed E-state index contributed by atoms with van der Waals surface area (Å²) in [4.78, 5) is 42.0. The number of aryl methyl sites for hydroxylation is 1. The number of carbonyl (C=O) groups excluding carboxylic acids is 3. The first kappa shape index (κ1) is 19.1. The summed E-state index contributed by atoms with van der Waals surface area (Å²) >= 11 is 2.48. The predicted molar refractivity (Wildman–Crippen MR) is 102 cm³/mol. The minimum atomic E-state index is -0.696. The van der Waals surface area contributed by atoms with Crippen LogP contribution < -0.4 is 5.32 Å². The van der Waals surface area contributed by atoms with Gasteiger partial charge in [-0.05, 0) is 20.8 Å². The minimum absolute atomic E-state index is 0.00847. The highest BCUT2D eigenvalue weighted by Crippen LogP contribution is 2.30. The van der Waals surface area contributed by atoms with Gasteiger partial charge in [-0.25, -0.2) is 14.6 Å². The Labute approximate surface area is 162 Å². The first-order chi connectivity index (χ1) is 13.0. The molecule has 3 aromatic rings. The predicted octanol–water partition coefficient (Wildman–Crippen LogP) is 3.37. The molecule has 142 valence electrons. The average molecular weight is 407 g/mol. The van der Waals surface area contributed by atoms with Crippen LogP contribution in [0.15, 0.2) is 17.0 Å². The number of aromatic nitrogens is 2. The van der Waals surface area contributed by atoms with Gasteiger partial charge in [0.05, 0.1) is 18.8 Å². The zero-order valence-electron chi connectivity index (χ0n) is 14.9. The maximum absolute atomic E-state index is 12.6. The fourth-order valence-corrected chi connectivity index (χ4v) is 4.15. The number of fused-ring (bicyclic) bond motifs is 1. The number of rotatable bonds is 6. The monoisotopic (exact) mass is 407 g/mol. The topological polar surface area (TPSA) is 99.0 Å². The van der Waals surface area contributed by atoms with Crippen molar-refractivity contribution in [1.82, 2.24) is 9.38 Å². The Kier molecular flexibility index (Phi) is 5.57. The Morgan fingerprint density at radius 1 is 1.11 bits per heavy atom. The summed E-state index contributed by atoms with van der Waals surface area (Å²) in [7, 11) is 0. The van der Waals surface area contributed by atoms with E-state index in [4.69, 9.17) is 9.47 Å². The smallest absolute Gasteiger partial charge is 0.342 e. The highest BCUT2D eigenvalue weighted by Gasteiger charge is 2.27. The molecule has 0 spiro atoms. The lowest BCUT2D eigenvalue weighted by atomic mass is 10.2. The molecular formula is C17H17N3O5S2. The van der Waals surface area contributed by atoms with Gasteiger partial charge in [-0.1, -0.05) is 0 Å². The van der Waals surface area contributed by atoms with Crippen LogP contribution in [0.1, 0.15) is 50.7 Å². The largest absolute Gasteiger partial charge is 0.462 e. The molecule has 3 heterocycles. The molecule has 0 fully saturated rings. The molecule has 0 unspecified atom stereocenters. The lowest BCUT2D eigenvalue weighted by Gasteiger charge is -2.07. The number of thiazole rings is 1. The molecule has 8 nitrogen and oxygen atoms in total. The Balaban J connectivity index is 1.91. The van der Waals surface area contributed by atoms with Crippen LogP contribution in [0.3, 0.4) is 0 Å². The second-order valence-corrected chi connectivity index (χ2v) is 7.12. The van der Waals surface area contributed by atoms with Crippen molar-refractivity contribution in [3.8, 4) is 0 Å². The molecule has 27 heavy (non-hydrogen) atoms. The molecule has 0 aliphatic heterocycles. The van der Waals surface area contributed by atoms with Gasteiger partial charge in [-0.15, -0.1) is 22.7 Å². The molecule has 10 heteroatoms. The quantitative estimate of drug-likeness (QED) is 0.629. The van der Waals surface area contributed by atoms with Crippen LogP contribution in [0.25, 0.3) is 4.96 Å². The normalized spacial score (nSPS) is 10.8. The van der Waals surface area contributed by atoms with E-state index in [9.17, 15) is 14.4 Å². The van der Waals surface area contributed by atoms with E-state index in [2.05, 4.69) is 10.3 Å². The molecule has 0 saturated carbocycles. The zero-order chi connectivity index (χ0) is 19.6. The summed E-state index contributed by atoms with van der Waals surface area (Å²) in [5, 5.41) is 6.28. The molecule has 0 aromatic carbocycles. The fourth-order valence-electron chi connectivity index (χ4n) is 2.39. The van der Waals surface area contributed by atoms with Crippen LogP contribution in [0.5, 0.6) is 0 Å². The average Bonchev–Trinajstić information content (AvgIpc) is 3.31. The van der Waals surface area contributed by atoms with E-state index in [1.54, 1.807) is 20.0 Å². The van der Waals surface area contributed by atoms with Crippen molar-refractivity contribution >= 4 is 50.5 Å². The van der Waals surface area contributed by atoms with Gasteiger partial charge < -0.3 is 14.8 Å². The van der Waals surface area contributed by atoms with E-state index < -0.39 is 17.8 Å². The van der Waals surface area contributed by atoms with Gasteiger partial charge in [-0.2, -0.15) is 0 Å². The maximum atomic E-state index is 12.6. The third kappa shape index (κ3) is 3.71. The first-order valence-electron chi connectivity index (χ1n) is 8.16. The first-order valence-corrected chi connectivity index (χ1v) is 9.92. The molecule has 1 amide bonds. The molecule has 0 bridgehead atoms. The van der Waals surface area contributed by atoms with Crippen molar-refractivity contribution in [3.05, 3.63) is 39.5 Å². The van der Waals surface area contributed by atoms with E-state index in [0.29, 0.717) is 4.96 Å². The van der Waals surface area contributed by atoms with E-state index in [1.807, 2.05) is 16.7 Å². The highest BCUT2D eigenvalue weighted by atomic mass is 32.1. The summed E-state index contributed by atoms with van der Waals surface area (Å²) in [5.41, 5.74) is 1.24. The van der Waals surface area contributed by atoms with Crippen LogP contribution >= 0.6 is 22.7 Å². The molecule has 0 atom stereocenters. The lowest BCUT2D eigenvalue weighted by molar-refractivity contribution is 0.0481. The molecule has 0 aliphatic carbocycles. The summed E-state index contributed by atoms with van der Waals surface area (Å²) < 4.78 is 11.8. The third-order valence-electron chi connectivity index (χ3n) is 3.61. The Hall–Kier alpha value is -2.72. The van der Waals surface area contributed by atoms with Crippen molar-refractivity contribution in [2.45, 2.75) is 20.8 Å². The molecule has 3 aromatic heterocycles. The molecule has 1 N–H and O–H groups in total. The number of hydrogen-bond acceptors (Lipinski definition) is 8. The molecule has 0 saturated heterocycles. The van der Waals surface area contributed by atoms with Gasteiger partial charge in [-0.3, -0.25) is 9.20 Å². The van der Waals surface area contributed by atoms with E-state index in [1.165, 1.54) is 16.7 Å². The van der Waals surface area contributed by atoms with Crippen molar-refractivity contribution in [2.24, 2.45) is 0 Å². The number of esters is 2. The molecule has 3 rings (SSSR count). The van der Waals surface area contributed by atoms with E-state index in [0.717, 1.165) is 17.0 Å². The van der Waals surface area contributed by atoms with E-state index >= 15 is 0 Å². The van der Waals surface area contributed by atoms with Gasteiger partial charge in [0, 0.05) is 22.7 Å². The minimum Gasteiger partial charge on any atom is -0.462 e. The SMILES string of the molecule is CCOC(=O)c1csc(NC(=O)c2cn3c(C)csc3n2)c1C(=O)OCC. The summed E-state index contributed by atoms with van der Waals surface area (Å²) in [5.74, 6) is -1.82. The van der Waals surface area contributed by atoms with Crippen LogP contribution in [-0.4, -0.2) is 40.4 Å².